The van der Waals surface area contributed by atoms with Crippen molar-refractivity contribution in [3.05, 3.63) is 42.6 Å². The highest BCUT2D eigenvalue weighted by Crippen LogP contribution is 2.34. The van der Waals surface area contributed by atoms with Gasteiger partial charge in [-0.3, -0.25) is 9.40 Å². The molecule has 0 aliphatic heterocycles. The first kappa shape index (κ1) is 23.9. The molecule has 1 unspecified atom stereocenters. The Morgan fingerprint density at radius 3 is 2.31 bits per heavy atom. The molecule has 0 spiro atoms. The van der Waals surface area contributed by atoms with Crippen LogP contribution in [0, 0.1) is 5.82 Å². The average molecular weight is 505 g/mol. The van der Waals surface area contributed by atoms with E-state index in [1.165, 1.54) is 32.0 Å². The number of hydrogen-bond acceptors (Lipinski definition) is 11. The van der Waals surface area contributed by atoms with Crippen molar-refractivity contribution in [3.8, 4) is 29.0 Å². The van der Waals surface area contributed by atoms with Crippen molar-refractivity contribution in [2.24, 2.45) is 7.05 Å². The van der Waals surface area contributed by atoms with Crippen LogP contribution in [0.4, 0.5) is 10.3 Å². The summed E-state index contributed by atoms with van der Waals surface area (Å²) in [5.74, 6) is -0.276. The third kappa shape index (κ3) is 4.86. The number of nitrogens with zero attached hydrogens (tertiary/aromatic N) is 9. The van der Waals surface area contributed by atoms with E-state index in [1.807, 2.05) is 0 Å². The molecule has 0 amide bonds. The van der Waals surface area contributed by atoms with Crippen molar-refractivity contribution in [1.29, 1.82) is 0 Å². The molecule has 0 aliphatic rings. The lowest BCUT2D eigenvalue weighted by molar-refractivity contribution is 0.368. The Labute approximate surface area is 199 Å². The molecule has 4 heterocycles. The maximum absolute atomic E-state index is 13.2. The summed E-state index contributed by atoms with van der Waals surface area (Å²) in [7, 11) is 0.459. The second-order valence-electron chi connectivity index (χ2n) is 7.28. The highest BCUT2D eigenvalue weighted by molar-refractivity contribution is 7.93. The van der Waals surface area contributed by atoms with Crippen LogP contribution in [-0.2, 0) is 23.5 Å². The highest BCUT2D eigenvalue weighted by Gasteiger charge is 2.30. The monoisotopic (exact) mass is 504 g/mol. The average Bonchev–Trinajstić information content (AvgIpc) is 3.45. The summed E-state index contributed by atoms with van der Waals surface area (Å²) in [4.78, 5) is 15.8. The third-order valence-electron chi connectivity index (χ3n) is 4.88. The molecule has 184 valence electrons. The molecule has 0 saturated carbocycles. The van der Waals surface area contributed by atoms with E-state index in [-0.39, 0.29) is 41.5 Å². The number of rotatable bonds is 9. The zero-order chi connectivity index (χ0) is 25.2. The number of hydrogen-bond donors (Lipinski definition) is 1. The van der Waals surface area contributed by atoms with Gasteiger partial charge in [-0.2, -0.15) is 15.1 Å². The fraction of sp³-hybridized carbons (Fsp3) is 0.316. The molecule has 0 aliphatic carbocycles. The molecule has 16 heteroatoms. The Kier molecular flexibility index (Phi) is 6.54. The Bertz CT molecular complexity index is 1420. The van der Waals surface area contributed by atoms with E-state index in [0.29, 0.717) is 5.69 Å². The Morgan fingerprint density at radius 1 is 1.09 bits per heavy atom. The minimum Gasteiger partial charge on any atom is -0.479 e. The van der Waals surface area contributed by atoms with Crippen LogP contribution in [0.5, 0.6) is 11.8 Å². The van der Waals surface area contributed by atoms with Crippen molar-refractivity contribution in [2.45, 2.75) is 18.6 Å². The van der Waals surface area contributed by atoms with Gasteiger partial charge in [0.05, 0.1) is 31.9 Å². The van der Waals surface area contributed by atoms with Crippen molar-refractivity contribution in [1.82, 2.24) is 44.5 Å². The largest absolute Gasteiger partial charge is 0.479 e. The number of aryl methyl sites for hydroxylation is 1. The van der Waals surface area contributed by atoms with E-state index in [2.05, 4.69) is 40.0 Å². The van der Waals surface area contributed by atoms with Gasteiger partial charge in [0.15, 0.2) is 17.3 Å². The van der Waals surface area contributed by atoms with Gasteiger partial charge in [0.25, 0.3) is 0 Å². The van der Waals surface area contributed by atoms with Gasteiger partial charge in [0, 0.05) is 19.7 Å². The molecule has 14 nitrogen and oxygen atoms in total. The quantitative estimate of drug-likeness (QED) is 0.342. The zero-order valence-electron chi connectivity index (χ0n) is 19.1. The van der Waals surface area contributed by atoms with E-state index in [0.717, 1.165) is 12.4 Å². The number of methoxy groups -OCH3 is 2. The summed E-state index contributed by atoms with van der Waals surface area (Å²) in [6, 6.07) is 1.68. The van der Waals surface area contributed by atoms with Crippen LogP contribution >= 0.6 is 0 Å². The summed E-state index contributed by atoms with van der Waals surface area (Å²) >= 11 is 0. The van der Waals surface area contributed by atoms with Crippen molar-refractivity contribution in [2.75, 3.05) is 18.9 Å². The first-order chi connectivity index (χ1) is 16.7. The number of aromatic nitrogens is 9. The van der Waals surface area contributed by atoms with Gasteiger partial charge in [-0.05, 0) is 13.0 Å². The standard InChI is InChI=1S/C19H21FN10O4S/c1-11(7-14-21-8-12(20)9-22-14)35(31,32)28-19-26-25-16(13-5-6-29(2)27-13)30(19)15-17(33-3)23-10-24-18(15)34-4/h5-6,8-11H,7H2,1-4H3,(H,26,28). The number of sulfonamides is 1. The molecule has 35 heavy (non-hydrogen) atoms. The first-order valence-electron chi connectivity index (χ1n) is 10.1. The number of nitrogens with one attached hydrogen (secondary N) is 1. The smallest absolute Gasteiger partial charge is 0.245 e. The lowest BCUT2D eigenvalue weighted by Gasteiger charge is -2.17. The minimum absolute atomic E-state index is 0.0715. The van der Waals surface area contributed by atoms with Gasteiger partial charge in [-0.1, -0.05) is 0 Å². The van der Waals surface area contributed by atoms with Crippen LogP contribution in [0.15, 0.2) is 31.0 Å². The van der Waals surface area contributed by atoms with Gasteiger partial charge in [-0.15, -0.1) is 10.2 Å². The van der Waals surface area contributed by atoms with Crippen LogP contribution in [0.1, 0.15) is 12.7 Å². The summed E-state index contributed by atoms with van der Waals surface area (Å²) in [5, 5.41) is 11.5. The van der Waals surface area contributed by atoms with Crippen molar-refractivity contribution < 1.29 is 22.3 Å². The van der Waals surface area contributed by atoms with Gasteiger partial charge >= 0.3 is 0 Å². The molecule has 4 aromatic heterocycles. The fourth-order valence-electron chi connectivity index (χ4n) is 3.14. The highest BCUT2D eigenvalue weighted by atomic mass is 32.2. The van der Waals surface area contributed by atoms with Crippen LogP contribution in [-0.4, -0.2) is 72.4 Å². The Balaban J connectivity index is 1.79. The van der Waals surface area contributed by atoms with Crippen LogP contribution < -0.4 is 14.2 Å². The van der Waals surface area contributed by atoms with Crippen LogP contribution in [0.2, 0.25) is 0 Å². The number of ether oxygens (including phenoxy) is 2. The molecule has 0 aromatic carbocycles. The van der Waals surface area contributed by atoms with Gasteiger partial charge < -0.3 is 9.47 Å². The summed E-state index contributed by atoms with van der Waals surface area (Å²) in [6.07, 6.45) is 4.80. The number of anilines is 1. The fourth-order valence-corrected chi connectivity index (χ4v) is 4.10. The van der Waals surface area contributed by atoms with Gasteiger partial charge in [0.2, 0.25) is 27.7 Å². The van der Waals surface area contributed by atoms with E-state index < -0.39 is 21.1 Å². The van der Waals surface area contributed by atoms with Crippen molar-refractivity contribution in [3.63, 3.8) is 0 Å². The topological polar surface area (TPSA) is 165 Å². The molecule has 0 fully saturated rings. The molecule has 0 bridgehead atoms. The molecule has 0 radical (unpaired) electrons. The Hall–Kier alpha value is -4.21. The molecular formula is C19H21FN10O4S. The predicted molar refractivity (Wildman–Crippen MR) is 120 cm³/mol. The van der Waals surface area contributed by atoms with Crippen LogP contribution in [0.3, 0.4) is 0 Å². The molecule has 4 rings (SSSR count). The van der Waals surface area contributed by atoms with Gasteiger partial charge in [0.1, 0.15) is 17.8 Å². The predicted octanol–water partition coefficient (Wildman–Crippen LogP) is 0.777. The number of halogens is 1. The van der Waals surface area contributed by atoms with E-state index in [9.17, 15) is 12.8 Å². The SMILES string of the molecule is COc1ncnc(OC)c1-n1c(NS(=O)(=O)C(C)Cc2ncc(F)cn2)nnc1-c1ccn(C)n1. The van der Waals surface area contributed by atoms with Crippen LogP contribution in [0.25, 0.3) is 17.2 Å². The normalized spacial score (nSPS) is 12.4. The lowest BCUT2D eigenvalue weighted by atomic mass is 10.3. The third-order valence-corrected chi connectivity index (χ3v) is 6.57. The molecule has 4 aromatic rings. The summed E-state index contributed by atoms with van der Waals surface area (Å²) in [5.41, 5.74) is 0.557. The van der Waals surface area contributed by atoms with Crippen molar-refractivity contribution >= 4 is 16.0 Å². The summed E-state index contributed by atoms with van der Waals surface area (Å²) < 4.78 is 55.6. The maximum Gasteiger partial charge on any atom is 0.245 e. The Morgan fingerprint density at radius 2 is 1.74 bits per heavy atom. The van der Waals surface area contributed by atoms with E-state index >= 15 is 0 Å². The zero-order valence-corrected chi connectivity index (χ0v) is 19.9. The maximum atomic E-state index is 13.2. The second-order valence-corrected chi connectivity index (χ2v) is 9.38. The molecule has 1 N–H and O–H groups in total. The van der Waals surface area contributed by atoms with Gasteiger partial charge in [-0.25, -0.2) is 27.3 Å². The van der Waals surface area contributed by atoms with E-state index in [4.69, 9.17) is 9.47 Å². The van der Waals surface area contributed by atoms with E-state index in [1.54, 1.807) is 24.0 Å². The summed E-state index contributed by atoms with van der Waals surface area (Å²) in [6.45, 7) is 1.46. The second kappa shape index (κ2) is 9.57. The molecule has 1 atom stereocenters. The molecular weight excluding hydrogens is 483 g/mol. The first-order valence-corrected chi connectivity index (χ1v) is 11.6. The lowest BCUT2D eigenvalue weighted by Crippen LogP contribution is -2.29. The minimum atomic E-state index is -4.05. The molecule has 0 saturated heterocycles.